The van der Waals surface area contributed by atoms with Gasteiger partial charge in [-0.3, -0.25) is 0 Å². The monoisotopic (exact) mass is 223 g/mol. The first-order valence-corrected chi connectivity index (χ1v) is 5.62. The van der Waals surface area contributed by atoms with Crippen LogP contribution in [0.15, 0.2) is 6.07 Å². The first-order chi connectivity index (χ1) is 7.81. The zero-order valence-corrected chi connectivity index (χ0v) is 9.69. The second-order valence-electron chi connectivity index (χ2n) is 3.78. The quantitative estimate of drug-likeness (QED) is 0.814. The van der Waals surface area contributed by atoms with E-state index in [1.165, 1.54) is 0 Å². The van der Waals surface area contributed by atoms with E-state index in [1.807, 2.05) is 13.1 Å². The van der Waals surface area contributed by atoms with Crippen molar-refractivity contribution in [2.75, 3.05) is 25.6 Å². The van der Waals surface area contributed by atoms with Crippen molar-refractivity contribution in [2.24, 2.45) is 0 Å². The van der Waals surface area contributed by atoms with Crippen molar-refractivity contribution in [3.8, 4) is 5.88 Å². The van der Waals surface area contributed by atoms with Gasteiger partial charge in [-0.1, -0.05) is 6.92 Å². The van der Waals surface area contributed by atoms with Crippen LogP contribution in [-0.2, 0) is 11.2 Å². The molecular formula is C11H17N3O2. The summed E-state index contributed by atoms with van der Waals surface area (Å²) in [7, 11) is 1.84. The maximum atomic E-state index is 5.66. The number of hydrogen-bond donors (Lipinski definition) is 1. The van der Waals surface area contributed by atoms with Crippen molar-refractivity contribution in [2.45, 2.75) is 25.9 Å². The number of nitrogens with one attached hydrogen (secondary N) is 1. The molecule has 1 fully saturated rings. The molecule has 0 amide bonds. The summed E-state index contributed by atoms with van der Waals surface area (Å²) in [6, 6.07) is 1.82. The molecule has 0 spiro atoms. The summed E-state index contributed by atoms with van der Waals surface area (Å²) in [6.07, 6.45) is 2.04. The number of rotatable bonds is 5. The molecule has 1 aliphatic heterocycles. The molecule has 0 aliphatic carbocycles. The molecule has 0 atom stereocenters. The highest BCUT2D eigenvalue weighted by molar-refractivity contribution is 5.37. The van der Waals surface area contributed by atoms with E-state index in [1.54, 1.807) is 0 Å². The van der Waals surface area contributed by atoms with E-state index >= 15 is 0 Å². The predicted molar refractivity (Wildman–Crippen MR) is 60.8 cm³/mol. The summed E-state index contributed by atoms with van der Waals surface area (Å²) in [4.78, 5) is 8.72. The third-order valence-electron chi connectivity index (χ3n) is 2.37. The van der Waals surface area contributed by atoms with Crippen LogP contribution >= 0.6 is 0 Å². The van der Waals surface area contributed by atoms with Crippen LogP contribution in [0.25, 0.3) is 0 Å². The number of nitrogens with zero attached hydrogens (tertiary/aromatic N) is 2. The van der Waals surface area contributed by atoms with Crippen LogP contribution in [0, 0.1) is 0 Å². The van der Waals surface area contributed by atoms with E-state index in [4.69, 9.17) is 9.47 Å². The van der Waals surface area contributed by atoms with Crippen molar-refractivity contribution >= 4 is 5.82 Å². The first kappa shape index (κ1) is 11.1. The van der Waals surface area contributed by atoms with Crippen molar-refractivity contribution in [1.29, 1.82) is 0 Å². The van der Waals surface area contributed by atoms with Gasteiger partial charge in [-0.05, 0) is 6.42 Å². The lowest BCUT2D eigenvalue weighted by Gasteiger charge is -2.26. The molecule has 0 saturated carbocycles. The highest BCUT2D eigenvalue weighted by Crippen LogP contribution is 2.17. The summed E-state index contributed by atoms with van der Waals surface area (Å²) in [5, 5.41) is 3.01. The highest BCUT2D eigenvalue weighted by atomic mass is 16.6. The van der Waals surface area contributed by atoms with Gasteiger partial charge in [-0.15, -0.1) is 0 Å². The van der Waals surface area contributed by atoms with Crippen LogP contribution in [0.1, 0.15) is 19.2 Å². The Balaban J connectivity index is 2.11. The van der Waals surface area contributed by atoms with Crippen molar-refractivity contribution < 1.29 is 9.47 Å². The predicted octanol–water partition coefficient (Wildman–Crippen LogP) is 1.25. The Hall–Kier alpha value is -1.36. The van der Waals surface area contributed by atoms with Gasteiger partial charge in [0.2, 0.25) is 5.88 Å². The fourth-order valence-corrected chi connectivity index (χ4v) is 1.45. The van der Waals surface area contributed by atoms with Crippen LogP contribution in [0.2, 0.25) is 0 Å². The van der Waals surface area contributed by atoms with E-state index in [-0.39, 0.29) is 6.10 Å². The fourth-order valence-electron chi connectivity index (χ4n) is 1.45. The van der Waals surface area contributed by atoms with E-state index in [9.17, 15) is 0 Å². The van der Waals surface area contributed by atoms with Gasteiger partial charge in [0.1, 0.15) is 17.7 Å². The minimum absolute atomic E-state index is 0.147. The molecule has 5 heteroatoms. The Morgan fingerprint density at radius 2 is 2.31 bits per heavy atom. The van der Waals surface area contributed by atoms with Crippen molar-refractivity contribution in [3.05, 3.63) is 11.9 Å². The van der Waals surface area contributed by atoms with Crippen LogP contribution in [-0.4, -0.2) is 36.3 Å². The van der Waals surface area contributed by atoms with Crippen LogP contribution in [0.4, 0.5) is 5.82 Å². The maximum Gasteiger partial charge on any atom is 0.219 e. The second kappa shape index (κ2) is 5.12. The Kier molecular flexibility index (Phi) is 3.56. The molecule has 16 heavy (non-hydrogen) atoms. The zero-order valence-electron chi connectivity index (χ0n) is 9.69. The molecule has 1 N–H and O–H groups in total. The van der Waals surface area contributed by atoms with Crippen LogP contribution < -0.4 is 10.1 Å². The molecule has 0 bridgehead atoms. The molecule has 1 aromatic heterocycles. The first-order valence-electron chi connectivity index (χ1n) is 5.62. The fraction of sp³-hybridized carbons (Fsp3) is 0.636. The van der Waals surface area contributed by atoms with Gasteiger partial charge in [0.15, 0.2) is 0 Å². The minimum Gasteiger partial charge on any atom is -0.469 e. The van der Waals surface area contributed by atoms with Gasteiger partial charge in [-0.25, -0.2) is 4.98 Å². The lowest BCUT2D eigenvalue weighted by molar-refractivity contribution is -0.0814. The zero-order chi connectivity index (χ0) is 11.4. The maximum absolute atomic E-state index is 5.66. The molecule has 2 heterocycles. The van der Waals surface area contributed by atoms with Crippen LogP contribution in [0.5, 0.6) is 5.88 Å². The summed E-state index contributed by atoms with van der Waals surface area (Å²) in [5.41, 5.74) is 0. The molecule has 1 aliphatic rings. The minimum atomic E-state index is 0.147. The standard InChI is InChI=1S/C11H17N3O2/c1-3-4-9-13-10(12-2)5-11(14-9)16-8-6-15-7-8/h5,8H,3-4,6-7H2,1-2H3,(H,12,13,14). The van der Waals surface area contributed by atoms with Gasteiger partial charge in [-0.2, -0.15) is 4.98 Å². The molecule has 2 rings (SSSR count). The second-order valence-corrected chi connectivity index (χ2v) is 3.78. The van der Waals surface area contributed by atoms with Crippen molar-refractivity contribution in [3.63, 3.8) is 0 Å². The summed E-state index contributed by atoms with van der Waals surface area (Å²) >= 11 is 0. The Bertz CT molecular complexity index is 353. The number of aromatic nitrogens is 2. The molecule has 0 aromatic carbocycles. The molecular weight excluding hydrogens is 206 g/mol. The smallest absolute Gasteiger partial charge is 0.219 e. The number of aryl methyl sites for hydroxylation is 1. The van der Waals surface area contributed by atoms with Crippen molar-refractivity contribution in [1.82, 2.24) is 9.97 Å². The Morgan fingerprint density at radius 3 is 2.88 bits per heavy atom. The highest BCUT2D eigenvalue weighted by Gasteiger charge is 2.21. The van der Waals surface area contributed by atoms with Gasteiger partial charge in [0, 0.05) is 19.5 Å². The summed E-state index contributed by atoms with van der Waals surface area (Å²) < 4.78 is 10.7. The van der Waals surface area contributed by atoms with E-state index in [0.29, 0.717) is 19.1 Å². The Morgan fingerprint density at radius 1 is 1.50 bits per heavy atom. The third kappa shape index (κ3) is 2.61. The number of hydrogen-bond acceptors (Lipinski definition) is 5. The largest absolute Gasteiger partial charge is 0.469 e. The molecule has 88 valence electrons. The molecule has 1 aromatic rings. The average Bonchev–Trinajstić information content (AvgIpc) is 2.24. The van der Waals surface area contributed by atoms with E-state index in [2.05, 4.69) is 22.2 Å². The van der Waals surface area contributed by atoms with E-state index < -0.39 is 0 Å². The van der Waals surface area contributed by atoms with Gasteiger partial charge >= 0.3 is 0 Å². The molecule has 0 radical (unpaired) electrons. The lowest BCUT2D eigenvalue weighted by atomic mass is 10.3. The van der Waals surface area contributed by atoms with E-state index in [0.717, 1.165) is 24.5 Å². The molecule has 0 unspecified atom stereocenters. The summed E-state index contributed by atoms with van der Waals surface area (Å²) in [5.74, 6) is 2.26. The van der Waals surface area contributed by atoms with Gasteiger partial charge in [0.05, 0.1) is 13.2 Å². The average molecular weight is 223 g/mol. The van der Waals surface area contributed by atoms with Crippen LogP contribution in [0.3, 0.4) is 0 Å². The van der Waals surface area contributed by atoms with Gasteiger partial charge in [0.25, 0.3) is 0 Å². The Labute approximate surface area is 95.2 Å². The molecule has 5 nitrogen and oxygen atoms in total. The SMILES string of the molecule is CCCc1nc(NC)cc(OC2COC2)n1. The number of anilines is 1. The van der Waals surface area contributed by atoms with Gasteiger partial charge < -0.3 is 14.8 Å². The third-order valence-corrected chi connectivity index (χ3v) is 2.37. The summed E-state index contributed by atoms with van der Waals surface area (Å²) in [6.45, 7) is 3.42. The normalized spacial score (nSPS) is 15.6. The topological polar surface area (TPSA) is 56.3 Å². The number of ether oxygens (including phenoxy) is 2. The molecule has 1 saturated heterocycles. The lowest BCUT2D eigenvalue weighted by Crippen LogP contribution is -2.38.